The van der Waals surface area contributed by atoms with Crippen molar-refractivity contribution in [2.45, 2.75) is 13.3 Å². The molecule has 0 aliphatic carbocycles. The second kappa shape index (κ2) is 6.63. The fourth-order valence-electron chi connectivity index (χ4n) is 2.38. The smallest absolute Gasteiger partial charge is 0.265 e. The number of hydrogen-bond donors (Lipinski definition) is 1. The predicted molar refractivity (Wildman–Crippen MR) is 94.8 cm³/mol. The molecule has 3 rings (SSSR count). The second-order valence-corrected chi connectivity index (χ2v) is 5.96. The maximum absolute atomic E-state index is 12.8. The molecule has 0 atom stereocenters. The van der Waals surface area contributed by atoms with Crippen LogP contribution in [0.4, 0.5) is 5.69 Å². The first-order chi connectivity index (χ1) is 11.5. The molecule has 2 heterocycles. The zero-order chi connectivity index (χ0) is 17.3. The minimum absolute atomic E-state index is 0.162. The summed E-state index contributed by atoms with van der Waals surface area (Å²) < 4.78 is 1.47. The summed E-state index contributed by atoms with van der Waals surface area (Å²) in [7, 11) is 0. The van der Waals surface area contributed by atoms with Crippen LogP contribution in [0.2, 0.25) is 10.0 Å². The van der Waals surface area contributed by atoms with Gasteiger partial charge in [0.15, 0.2) is 0 Å². The van der Waals surface area contributed by atoms with E-state index in [4.69, 9.17) is 23.2 Å². The largest absolute Gasteiger partial charge is 0.326 e. The predicted octanol–water partition coefficient (Wildman–Crippen LogP) is 4.38. The number of pyridine rings is 1. The molecular formula is C17H13Cl2N3O2. The van der Waals surface area contributed by atoms with Crippen molar-refractivity contribution in [3.8, 4) is 0 Å². The van der Waals surface area contributed by atoms with Crippen molar-refractivity contribution in [3.63, 3.8) is 0 Å². The normalized spacial score (nSPS) is 10.8. The van der Waals surface area contributed by atoms with Crippen LogP contribution >= 0.6 is 23.2 Å². The molecule has 24 heavy (non-hydrogen) atoms. The third-order valence-electron chi connectivity index (χ3n) is 3.57. The molecular weight excluding hydrogens is 349 g/mol. The lowest BCUT2D eigenvalue weighted by Gasteiger charge is -2.11. The van der Waals surface area contributed by atoms with Crippen molar-refractivity contribution in [2.75, 3.05) is 5.32 Å². The van der Waals surface area contributed by atoms with Crippen LogP contribution in [-0.4, -0.2) is 21.4 Å². The number of nitrogens with zero attached hydrogens (tertiary/aromatic N) is 2. The molecule has 1 amide bonds. The average Bonchev–Trinajstić information content (AvgIpc) is 2.98. The van der Waals surface area contributed by atoms with Gasteiger partial charge < -0.3 is 5.32 Å². The zero-order valence-electron chi connectivity index (χ0n) is 12.7. The first-order valence-electron chi connectivity index (χ1n) is 7.26. The molecule has 122 valence electrons. The van der Waals surface area contributed by atoms with Gasteiger partial charge in [0.05, 0.1) is 21.1 Å². The Hall–Kier alpha value is -2.37. The van der Waals surface area contributed by atoms with E-state index in [0.29, 0.717) is 17.6 Å². The van der Waals surface area contributed by atoms with E-state index < -0.39 is 0 Å². The van der Waals surface area contributed by atoms with Gasteiger partial charge in [-0.2, -0.15) is 0 Å². The highest BCUT2D eigenvalue weighted by atomic mass is 35.5. The molecule has 2 aromatic heterocycles. The summed E-state index contributed by atoms with van der Waals surface area (Å²) in [6, 6.07) is 6.56. The standard InChI is InChI=1S/C17H13Cl2N3O2/c1-2-15(23)21-11-7-12(18)16(13(19)8-11)17(24)22-6-4-10-9-20-5-3-14(10)22/h3-9H,2H2,1H3,(H,21,23). The Morgan fingerprint density at radius 1 is 1.21 bits per heavy atom. The van der Waals surface area contributed by atoms with Gasteiger partial charge in [0.2, 0.25) is 5.91 Å². The highest BCUT2D eigenvalue weighted by Crippen LogP contribution is 2.31. The Bertz CT molecular complexity index is 927. The van der Waals surface area contributed by atoms with Crippen LogP contribution < -0.4 is 5.32 Å². The van der Waals surface area contributed by atoms with E-state index in [2.05, 4.69) is 10.3 Å². The van der Waals surface area contributed by atoms with E-state index in [1.807, 2.05) is 0 Å². The van der Waals surface area contributed by atoms with Gasteiger partial charge in [-0.1, -0.05) is 30.1 Å². The molecule has 3 aromatic rings. The number of fused-ring (bicyclic) bond motifs is 1. The molecule has 0 fully saturated rings. The number of anilines is 1. The summed E-state index contributed by atoms with van der Waals surface area (Å²) in [5.41, 5.74) is 1.35. The van der Waals surface area contributed by atoms with E-state index in [-0.39, 0.29) is 27.4 Å². The number of halogens is 2. The summed E-state index contributed by atoms with van der Waals surface area (Å²) in [4.78, 5) is 28.3. The van der Waals surface area contributed by atoms with Gasteiger partial charge in [-0.05, 0) is 24.3 Å². The van der Waals surface area contributed by atoms with Crippen molar-refractivity contribution in [1.82, 2.24) is 9.55 Å². The van der Waals surface area contributed by atoms with Gasteiger partial charge >= 0.3 is 0 Å². The van der Waals surface area contributed by atoms with Crippen molar-refractivity contribution in [3.05, 3.63) is 58.5 Å². The molecule has 7 heteroatoms. The van der Waals surface area contributed by atoms with Crippen LogP contribution in [0.15, 0.2) is 42.9 Å². The molecule has 0 saturated heterocycles. The number of aromatic nitrogens is 2. The molecule has 1 aromatic carbocycles. The third-order valence-corrected chi connectivity index (χ3v) is 4.17. The van der Waals surface area contributed by atoms with Gasteiger partial charge in [-0.25, -0.2) is 0 Å². The Morgan fingerprint density at radius 2 is 1.92 bits per heavy atom. The van der Waals surface area contributed by atoms with Gasteiger partial charge in [-0.3, -0.25) is 19.1 Å². The number of benzene rings is 1. The summed E-state index contributed by atoms with van der Waals surface area (Å²) >= 11 is 12.5. The minimum Gasteiger partial charge on any atom is -0.326 e. The SMILES string of the molecule is CCC(=O)Nc1cc(Cl)c(C(=O)n2ccc3cnccc32)c(Cl)c1. The van der Waals surface area contributed by atoms with Gasteiger partial charge in [-0.15, -0.1) is 0 Å². The van der Waals surface area contributed by atoms with Crippen LogP contribution in [0.1, 0.15) is 23.7 Å². The molecule has 0 aliphatic heterocycles. The highest BCUT2D eigenvalue weighted by molar-refractivity contribution is 6.40. The van der Waals surface area contributed by atoms with Crippen LogP contribution in [0.25, 0.3) is 10.9 Å². The fraction of sp³-hybridized carbons (Fsp3) is 0.118. The van der Waals surface area contributed by atoms with E-state index in [1.54, 1.807) is 37.6 Å². The number of nitrogens with one attached hydrogen (secondary N) is 1. The Kier molecular flexibility index (Phi) is 4.55. The van der Waals surface area contributed by atoms with Gasteiger partial charge in [0, 0.05) is 36.1 Å². The van der Waals surface area contributed by atoms with Crippen LogP contribution in [0.5, 0.6) is 0 Å². The summed E-state index contributed by atoms with van der Waals surface area (Å²) in [5, 5.41) is 3.86. The lowest BCUT2D eigenvalue weighted by atomic mass is 10.1. The lowest BCUT2D eigenvalue weighted by Crippen LogP contribution is -2.13. The maximum Gasteiger partial charge on any atom is 0.265 e. The molecule has 1 N–H and O–H groups in total. The first kappa shape index (κ1) is 16.5. The molecule has 0 spiro atoms. The minimum atomic E-state index is -0.348. The monoisotopic (exact) mass is 361 g/mol. The summed E-state index contributed by atoms with van der Waals surface area (Å²) in [6.45, 7) is 1.74. The van der Waals surface area contributed by atoms with Crippen LogP contribution in [-0.2, 0) is 4.79 Å². The zero-order valence-corrected chi connectivity index (χ0v) is 14.2. The van der Waals surface area contributed by atoms with Crippen LogP contribution in [0, 0.1) is 0 Å². The molecule has 0 radical (unpaired) electrons. The van der Waals surface area contributed by atoms with Crippen molar-refractivity contribution in [2.24, 2.45) is 0 Å². The van der Waals surface area contributed by atoms with E-state index >= 15 is 0 Å². The molecule has 0 bridgehead atoms. The quantitative estimate of drug-likeness (QED) is 0.752. The van der Waals surface area contributed by atoms with E-state index in [1.165, 1.54) is 16.7 Å². The number of rotatable bonds is 3. The van der Waals surface area contributed by atoms with Crippen molar-refractivity contribution < 1.29 is 9.59 Å². The Balaban J connectivity index is 2.03. The first-order valence-corrected chi connectivity index (χ1v) is 8.01. The molecule has 0 saturated carbocycles. The molecule has 0 unspecified atom stereocenters. The number of carbonyl (C=O) groups excluding carboxylic acids is 2. The summed E-state index contributed by atoms with van der Waals surface area (Å²) in [6.07, 6.45) is 5.26. The Labute approximate surface area is 148 Å². The number of amides is 1. The molecule has 0 aliphatic rings. The fourth-order valence-corrected chi connectivity index (χ4v) is 3.03. The van der Waals surface area contributed by atoms with Gasteiger partial charge in [0.25, 0.3) is 5.91 Å². The lowest BCUT2D eigenvalue weighted by molar-refractivity contribution is -0.115. The highest BCUT2D eigenvalue weighted by Gasteiger charge is 2.19. The van der Waals surface area contributed by atoms with E-state index in [9.17, 15) is 9.59 Å². The van der Waals surface area contributed by atoms with Gasteiger partial charge in [0.1, 0.15) is 0 Å². The number of hydrogen-bond acceptors (Lipinski definition) is 3. The Morgan fingerprint density at radius 3 is 2.58 bits per heavy atom. The average molecular weight is 362 g/mol. The summed E-state index contributed by atoms with van der Waals surface area (Å²) in [5.74, 6) is -0.510. The van der Waals surface area contributed by atoms with Crippen molar-refractivity contribution in [1.29, 1.82) is 0 Å². The molecule has 5 nitrogen and oxygen atoms in total. The topological polar surface area (TPSA) is 64.0 Å². The maximum atomic E-state index is 12.8. The number of carbonyl (C=O) groups is 2. The van der Waals surface area contributed by atoms with Crippen LogP contribution in [0.3, 0.4) is 0 Å². The van der Waals surface area contributed by atoms with E-state index in [0.717, 1.165) is 5.39 Å². The van der Waals surface area contributed by atoms with Crippen molar-refractivity contribution >= 4 is 51.6 Å². The third kappa shape index (κ3) is 3.00. The second-order valence-electron chi connectivity index (χ2n) is 5.14.